The van der Waals surface area contributed by atoms with Crippen LogP contribution in [0, 0.1) is 0 Å². The number of rotatable bonds is 4. The van der Waals surface area contributed by atoms with Crippen molar-refractivity contribution in [2.75, 3.05) is 24.6 Å². The number of anilines is 1. The first kappa shape index (κ1) is 14.8. The number of carbonyl (C=O) groups is 3. The third-order valence-corrected chi connectivity index (χ3v) is 3.09. The van der Waals surface area contributed by atoms with E-state index >= 15 is 0 Å². The van der Waals surface area contributed by atoms with Gasteiger partial charge in [-0.05, 0) is 12.1 Å². The highest BCUT2D eigenvalue weighted by atomic mass is 16.5. The Kier molecular flexibility index (Phi) is 4.42. The molecule has 0 fully saturated rings. The summed E-state index contributed by atoms with van der Waals surface area (Å²) in [6, 6.07) is 4.66. The second-order valence-electron chi connectivity index (χ2n) is 4.59. The molecule has 1 aromatic rings. The summed E-state index contributed by atoms with van der Waals surface area (Å²) in [5, 5.41) is 11.7. The van der Waals surface area contributed by atoms with E-state index in [0.717, 1.165) is 0 Å². The molecule has 0 aliphatic carbocycles. The molecule has 0 saturated heterocycles. The number of aromatic carboxylic acids is 1. The van der Waals surface area contributed by atoms with Gasteiger partial charge in [0.2, 0.25) is 11.8 Å². The zero-order valence-corrected chi connectivity index (χ0v) is 11.6. The van der Waals surface area contributed by atoms with Crippen molar-refractivity contribution in [2.45, 2.75) is 13.3 Å². The number of benzene rings is 1. The van der Waals surface area contributed by atoms with Crippen LogP contribution in [0.25, 0.3) is 0 Å². The highest BCUT2D eigenvalue weighted by molar-refractivity contribution is 6.00. The highest BCUT2D eigenvalue weighted by Crippen LogP contribution is 2.35. The van der Waals surface area contributed by atoms with Crippen LogP contribution < -0.4 is 15.0 Å². The van der Waals surface area contributed by atoms with E-state index in [9.17, 15) is 14.4 Å². The number of fused-ring (bicyclic) bond motifs is 1. The molecule has 2 rings (SSSR count). The van der Waals surface area contributed by atoms with Crippen LogP contribution in [0.5, 0.6) is 5.75 Å². The zero-order chi connectivity index (χ0) is 15.4. The number of amides is 2. The van der Waals surface area contributed by atoms with Crippen molar-refractivity contribution in [3.05, 3.63) is 23.8 Å². The van der Waals surface area contributed by atoms with E-state index in [1.54, 1.807) is 12.1 Å². The standard InChI is InChI=1S/C14H16N2O5/c1-9(17)15-6-5-12(18)16-7-8-21-13-10(14(19)20)3-2-4-11(13)16/h2-4H,5-8H2,1H3,(H,15,17)(H,19,20). The summed E-state index contributed by atoms with van der Waals surface area (Å²) in [6.45, 7) is 2.23. The molecule has 7 nitrogen and oxygen atoms in total. The second kappa shape index (κ2) is 6.25. The Bertz CT molecular complexity index is 585. The van der Waals surface area contributed by atoms with Gasteiger partial charge in [-0.1, -0.05) is 6.07 Å². The number of carboxylic acids is 1. The topological polar surface area (TPSA) is 95.9 Å². The summed E-state index contributed by atoms with van der Waals surface area (Å²) in [7, 11) is 0. The van der Waals surface area contributed by atoms with Gasteiger partial charge in [-0.15, -0.1) is 0 Å². The molecule has 21 heavy (non-hydrogen) atoms. The summed E-state index contributed by atoms with van der Waals surface area (Å²) < 4.78 is 5.39. The molecule has 2 amide bonds. The normalized spacial score (nSPS) is 13.1. The first-order valence-electron chi connectivity index (χ1n) is 6.54. The number of hydrogen-bond donors (Lipinski definition) is 2. The SMILES string of the molecule is CC(=O)NCCC(=O)N1CCOc2c(C(=O)O)cccc21. The van der Waals surface area contributed by atoms with Crippen LogP contribution in [0.15, 0.2) is 18.2 Å². The summed E-state index contributed by atoms with van der Waals surface area (Å²) in [6.07, 6.45) is 0.149. The number of ether oxygens (including phenoxy) is 1. The van der Waals surface area contributed by atoms with Crippen LogP contribution in [0.2, 0.25) is 0 Å². The molecule has 1 aromatic carbocycles. The second-order valence-corrected chi connectivity index (χ2v) is 4.59. The maximum Gasteiger partial charge on any atom is 0.339 e. The Morgan fingerprint density at radius 1 is 1.38 bits per heavy atom. The first-order valence-corrected chi connectivity index (χ1v) is 6.54. The van der Waals surface area contributed by atoms with Crippen molar-refractivity contribution < 1.29 is 24.2 Å². The third-order valence-electron chi connectivity index (χ3n) is 3.09. The molecule has 0 atom stereocenters. The van der Waals surface area contributed by atoms with Crippen LogP contribution in [0.4, 0.5) is 5.69 Å². The van der Waals surface area contributed by atoms with Crippen LogP contribution in [-0.2, 0) is 9.59 Å². The fourth-order valence-electron chi connectivity index (χ4n) is 2.16. The molecule has 1 heterocycles. The molecule has 0 unspecified atom stereocenters. The largest absolute Gasteiger partial charge is 0.489 e. The maximum atomic E-state index is 12.2. The van der Waals surface area contributed by atoms with E-state index in [0.29, 0.717) is 12.2 Å². The zero-order valence-electron chi connectivity index (χ0n) is 11.6. The molecule has 2 N–H and O–H groups in total. The fourth-order valence-corrected chi connectivity index (χ4v) is 2.16. The van der Waals surface area contributed by atoms with E-state index in [-0.39, 0.29) is 42.7 Å². The van der Waals surface area contributed by atoms with Gasteiger partial charge < -0.3 is 20.1 Å². The number of para-hydroxylation sites is 1. The Morgan fingerprint density at radius 2 is 2.14 bits per heavy atom. The van der Waals surface area contributed by atoms with Crippen molar-refractivity contribution in [3.8, 4) is 5.75 Å². The summed E-state index contributed by atoms with van der Waals surface area (Å²) >= 11 is 0. The van der Waals surface area contributed by atoms with Crippen molar-refractivity contribution in [1.29, 1.82) is 0 Å². The Morgan fingerprint density at radius 3 is 2.81 bits per heavy atom. The molecule has 0 spiro atoms. The molecule has 0 radical (unpaired) electrons. The van der Waals surface area contributed by atoms with Crippen molar-refractivity contribution in [3.63, 3.8) is 0 Å². The van der Waals surface area contributed by atoms with Gasteiger partial charge in [0.15, 0.2) is 5.75 Å². The number of carboxylic acid groups (broad SMARTS) is 1. The molecule has 0 saturated carbocycles. The minimum absolute atomic E-state index is 0.0341. The smallest absolute Gasteiger partial charge is 0.339 e. The molecular weight excluding hydrogens is 276 g/mol. The third kappa shape index (κ3) is 3.31. The van der Waals surface area contributed by atoms with Gasteiger partial charge in [0.1, 0.15) is 12.2 Å². The number of nitrogens with zero attached hydrogens (tertiary/aromatic N) is 1. The van der Waals surface area contributed by atoms with Crippen LogP contribution >= 0.6 is 0 Å². The minimum Gasteiger partial charge on any atom is -0.489 e. The highest BCUT2D eigenvalue weighted by Gasteiger charge is 2.27. The summed E-state index contributed by atoms with van der Waals surface area (Å²) in [4.78, 5) is 35.7. The summed E-state index contributed by atoms with van der Waals surface area (Å²) in [5.41, 5.74) is 0.487. The van der Waals surface area contributed by atoms with Crippen molar-refractivity contribution >= 4 is 23.5 Å². The average molecular weight is 292 g/mol. The van der Waals surface area contributed by atoms with E-state index in [2.05, 4.69) is 5.32 Å². The van der Waals surface area contributed by atoms with E-state index in [1.165, 1.54) is 17.9 Å². The van der Waals surface area contributed by atoms with Crippen LogP contribution in [0.1, 0.15) is 23.7 Å². The van der Waals surface area contributed by atoms with Gasteiger partial charge >= 0.3 is 5.97 Å². The maximum absolute atomic E-state index is 12.2. The molecule has 1 aliphatic rings. The quantitative estimate of drug-likeness (QED) is 0.849. The minimum atomic E-state index is -1.10. The van der Waals surface area contributed by atoms with Crippen LogP contribution in [-0.4, -0.2) is 42.6 Å². The Balaban J connectivity index is 2.18. The van der Waals surface area contributed by atoms with E-state index in [1.807, 2.05) is 0 Å². The van der Waals surface area contributed by atoms with Gasteiger partial charge in [0.25, 0.3) is 0 Å². The van der Waals surface area contributed by atoms with Crippen molar-refractivity contribution in [2.24, 2.45) is 0 Å². The lowest BCUT2D eigenvalue weighted by molar-refractivity contribution is -0.120. The predicted octanol–water partition coefficient (Wildman–Crippen LogP) is 0.636. The Hall–Kier alpha value is -2.57. The lowest BCUT2D eigenvalue weighted by Gasteiger charge is -2.30. The lowest BCUT2D eigenvalue weighted by Crippen LogP contribution is -2.39. The van der Waals surface area contributed by atoms with Crippen LogP contribution in [0.3, 0.4) is 0 Å². The predicted molar refractivity (Wildman–Crippen MR) is 74.6 cm³/mol. The monoisotopic (exact) mass is 292 g/mol. The van der Waals surface area contributed by atoms with Gasteiger partial charge in [-0.25, -0.2) is 4.79 Å². The number of nitrogens with one attached hydrogen (secondary N) is 1. The molecular formula is C14H16N2O5. The van der Waals surface area contributed by atoms with Gasteiger partial charge in [0.05, 0.1) is 12.2 Å². The van der Waals surface area contributed by atoms with E-state index in [4.69, 9.17) is 9.84 Å². The van der Waals surface area contributed by atoms with Gasteiger partial charge in [-0.3, -0.25) is 9.59 Å². The molecule has 0 bridgehead atoms. The first-order chi connectivity index (χ1) is 10.0. The molecule has 112 valence electrons. The fraction of sp³-hybridized carbons (Fsp3) is 0.357. The molecule has 7 heteroatoms. The number of hydrogen-bond acceptors (Lipinski definition) is 4. The average Bonchev–Trinajstić information content (AvgIpc) is 2.45. The Labute approximate surface area is 121 Å². The van der Waals surface area contributed by atoms with Crippen molar-refractivity contribution in [1.82, 2.24) is 5.32 Å². The molecule has 1 aliphatic heterocycles. The summed E-state index contributed by atoms with van der Waals surface area (Å²) in [5.74, 6) is -1.27. The van der Waals surface area contributed by atoms with E-state index < -0.39 is 5.97 Å². The van der Waals surface area contributed by atoms with Gasteiger partial charge in [0, 0.05) is 19.9 Å². The number of carbonyl (C=O) groups excluding carboxylic acids is 2. The lowest BCUT2D eigenvalue weighted by atomic mass is 10.1. The van der Waals surface area contributed by atoms with Gasteiger partial charge in [-0.2, -0.15) is 0 Å². The molecule has 0 aromatic heterocycles.